The number of aliphatic hydroxyl groups is 2. The van der Waals surface area contributed by atoms with Crippen molar-refractivity contribution in [3.8, 4) is 5.75 Å². The van der Waals surface area contributed by atoms with Crippen LogP contribution >= 0.6 is 25.3 Å². The molecule has 1 aromatic heterocycles. The van der Waals surface area contributed by atoms with Gasteiger partial charge in [0.15, 0.2) is 0 Å². The Morgan fingerprint density at radius 3 is 1.48 bits per heavy atom. The van der Waals surface area contributed by atoms with Gasteiger partial charge in [-0.1, -0.05) is 72.8 Å². The maximum Gasteiger partial charge on any atom is 0.245 e. The molecule has 0 saturated carbocycles. The van der Waals surface area contributed by atoms with Gasteiger partial charge in [-0.3, -0.25) is 81.5 Å². The van der Waals surface area contributed by atoms with Gasteiger partial charge in [0.1, 0.15) is 84.4 Å². The lowest BCUT2D eigenvalue weighted by atomic mass is 9.97. The molecule has 5 rings (SSSR count). The summed E-state index contributed by atoms with van der Waals surface area (Å²) in [5.41, 5.74) is 27.4. The number of nitrogens with two attached hydrogens (primary N) is 5. The molecule has 0 aliphatic heterocycles. The van der Waals surface area contributed by atoms with Gasteiger partial charge in [0.05, 0.1) is 18.6 Å². The summed E-state index contributed by atoms with van der Waals surface area (Å²) in [5, 5.41) is 56.8. The molecule has 41 heteroatoms. The van der Waals surface area contributed by atoms with Crippen molar-refractivity contribution in [3.63, 3.8) is 0 Å². The van der Waals surface area contributed by atoms with Crippen LogP contribution in [0.15, 0.2) is 97.2 Å². The maximum absolute atomic E-state index is 15.5. The van der Waals surface area contributed by atoms with Gasteiger partial charge in [-0.25, -0.2) is 0 Å². The molecule has 13 atom stereocenters. The van der Waals surface area contributed by atoms with Crippen LogP contribution in [-0.4, -0.2) is 229 Å². The van der Waals surface area contributed by atoms with Gasteiger partial charge >= 0.3 is 0 Å². The fraction of sp³-hybridized carbons (Fsp3) is 0.494. The second kappa shape index (κ2) is 46.7. The highest BCUT2D eigenvalue weighted by atomic mass is 32.1. The molecule has 1 heterocycles. The standard InChI is InChI=1S/C81H115N19O20S2/c1-41(101)63(97-75(116)64(42(2)102)98-77(118)65(80(7,8)121)89-44(4)104)74(115)94-58(38-49-40-88-52-20-14-13-19-51(49)52)71(112)91-55(29-31-61(84)106)69(110)99-66(81(9,10)122)76(117)95-56(36-45-23-26-50(27-24-45)120-34-32-82)70(111)92-57(37-46-22-25-47-17-11-12-18-48(47)35-46)73(114)100-79(5,6)78(119)96-54(21-15-16-33-87-43(3)103)68(109)93-59(39-62(85)107)72(113)90-53(67(86)108)28-30-60(83)105/h11-14,17-20,22-27,35,40-42,53-59,63-66,88,101-102,121-122H,15-16,21,28-34,36-39,82H2,1-10H3,(H2,83,105)(H2,84,106)(H2,85,107)(H2,86,108)(H,87,103)(H,89,104)(H,90,113)(H,91,112)(H,92,111)(H,93,109)(H,94,115)(H,95,117)(H,96,119)(H,97,116)(H,98,118)(H,99,110)(H,100,114)/t41-,42-,53+,54+,55+,56+,57+,58+,59+,63+,64+,65-,66-/m1/s1. The first kappa shape index (κ1) is 101. The number of H-pyrrole nitrogens is 1. The predicted molar refractivity (Wildman–Crippen MR) is 455 cm³/mol. The predicted octanol–water partition coefficient (Wildman–Crippen LogP) is -3.69. The lowest BCUT2D eigenvalue weighted by Gasteiger charge is -2.33. The Morgan fingerprint density at radius 1 is 0.459 bits per heavy atom. The van der Waals surface area contributed by atoms with Crippen LogP contribution in [-0.2, 0) is 101 Å². The molecule has 4 aromatic carbocycles. The van der Waals surface area contributed by atoms with Crippen molar-refractivity contribution in [1.29, 1.82) is 0 Å². The number of primary amides is 4. The van der Waals surface area contributed by atoms with Crippen LogP contribution in [0.1, 0.15) is 137 Å². The number of nitrogens with one attached hydrogen (secondary N) is 14. The summed E-state index contributed by atoms with van der Waals surface area (Å²) in [6.45, 7) is 13.5. The molecule has 0 aliphatic carbocycles. The minimum absolute atomic E-state index is 0.130. The van der Waals surface area contributed by atoms with E-state index >= 15 is 24.0 Å². The average molecular weight is 1740 g/mol. The number of amides is 17. The molecule has 5 aromatic rings. The Kier molecular flexibility index (Phi) is 38.5. The van der Waals surface area contributed by atoms with Crippen molar-refractivity contribution in [3.05, 3.63) is 114 Å². The number of para-hydroxylation sites is 1. The number of unbranched alkanes of at least 4 members (excludes halogenated alkanes) is 1. The minimum atomic E-state index is -2.02. The zero-order chi connectivity index (χ0) is 91.3. The summed E-state index contributed by atoms with van der Waals surface area (Å²) in [6.07, 6.45) is -5.43. The van der Waals surface area contributed by atoms with Crippen LogP contribution in [0.2, 0.25) is 0 Å². The summed E-state index contributed by atoms with van der Waals surface area (Å²) >= 11 is 9.15. The van der Waals surface area contributed by atoms with E-state index in [0.717, 1.165) is 31.5 Å². The SMILES string of the molecule is CC(=O)NCCCC[C@H](NC(=O)C(C)(C)NC(=O)[C@H](Cc1ccc2ccccc2c1)NC(=O)[C@H](Cc1ccc(OCCN)cc1)NC(=O)[C@@H](NC(=O)[C@H](CCC(N)=O)NC(=O)[C@H](Cc1c[nH]c2ccccc12)NC(=O)[C@@H](NC(=O)[C@@H](NC(=O)[C@@H](NC(C)=O)C(C)(C)S)[C@@H](C)O)[C@@H](C)O)C(C)(C)S)C(=O)N[C@@H](CC(N)=O)C(=O)N[C@@H](CCC(N)=O)C(N)=O. The number of aromatic nitrogens is 1. The van der Waals surface area contributed by atoms with E-state index in [4.69, 9.17) is 46.0 Å². The molecule has 39 nitrogen and oxygen atoms in total. The smallest absolute Gasteiger partial charge is 0.245 e. The first-order chi connectivity index (χ1) is 57.1. The van der Waals surface area contributed by atoms with E-state index < -0.39 is 214 Å². The summed E-state index contributed by atoms with van der Waals surface area (Å²) in [7, 11) is 0. The lowest BCUT2D eigenvalue weighted by molar-refractivity contribution is -0.138. The number of aromatic amines is 1. The van der Waals surface area contributed by atoms with Gasteiger partial charge in [-0.05, 0) is 133 Å². The van der Waals surface area contributed by atoms with Crippen LogP contribution in [0, 0.1) is 0 Å². The Labute approximate surface area is 716 Å². The monoisotopic (exact) mass is 1740 g/mol. The number of fused-ring (bicyclic) bond motifs is 2. The van der Waals surface area contributed by atoms with Gasteiger partial charge in [-0.2, -0.15) is 25.3 Å². The molecule has 0 radical (unpaired) electrons. The molecule has 0 fully saturated rings. The van der Waals surface area contributed by atoms with E-state index in [1.54, 1.807) is 84.9 Å². The number of benzene rings is 4. The van der Waals surface area contributed by atoms with Crippen LogP contribution in [0.4, 0.5) is 0 Å². The number of hydrogen-bond acceptors (Lipinski definition) is 23. The van der Waals surface area contributed by atoms with E-state index in [1.807, 2.05) is 6.07 Å². The van der Waals surface area contributed by atoms with E-state index in [2.05, 4.69) is 86.7 Å². The second-order valence-electron chi connectivity index (χ2n) is 31.3. The fourth-order valence-corrected chi connectivity index (χ4v) is 13.1. The Hall–Kier alpha value is -11.9. The third-order valence-corrected chi connectivity index (χ3v) is 19.8. The zero-order valence-corrected chi connectivity index (χ0v) is 71.5. The number of carbonyl (C=O) groups is 17. The lowest BCUT2D eigenvalue weighted by Crippen LogP contribution is -2.65. The first-order valence-electron chi connectivity index (χ1n) is 39.4. The van der Waals surface area contributed by atoms with Gasteiger partial charge in [0.25, 0.3) is 0 Å². The van der Waals surface area contributed by atoms with Gasteiger partial charge in [-0.15, -0.1) is 0 Å². The Morgan fingerprint density at radius 2 is 0.918 bits per heavy atom. The van der Waals surface area contributed by atoms with Crippen molar-refractivity contribution >= 4 is 147 Å². The highest BCUT2D eigenvalue weighted by Gasteiger charge is 2.43. The first-order valence-corrected chi connectivity index (χ1v) is 40.3. The molecule has 0 saturated heterocycles. The number of thiol groups is 2. The molecule has 17 amide bonds. The van der Waals surface area contributed by atoms with Crippen molar-refractivity contribution in [2.24, 2.45) is 28.7 Å². The van der Waals surface area contributed by atoms with Gasteiger partial charge < -0.3 is 118 Å². The van der Waals surface area contributed by atoms with Crippen LogP contribution in [0.3, 0.4) is 0 Å². The van der Waals surface area contributed by atoms with Crippen molar-refractivity contribution in [2.45, 2.75) is 234 Å². The summed E-state index contributed by atoms with van der Waals surface area (Å²) in [5.74, 6) is -16.5. The number of ether oxygens (including phenoxy) is 1. The van der Waals surface area contributed by atoms with E-state index in [0.29, 0.717) is 33.3 Å². The molecular formula is C81H115N19O20S2. The quantitative estimate of drug-likeness (QED) is 0.0132. The molecule has 0 aliphatic rings. The third kappa shape index (κ3) is 32.5. The zero-order valence-electron chi connectivity index (χ0n) is 69.7. The number of carbonyl (C=O) groups excluding carboxylic acids is 17. The van der Waals surface area contributed by atoms with Crippen LogP contribution in [0.25, 0.3) is 21.7 Å². The Bertz CT molecular complexity index is 4590. The van der Waals surface area contributed by atoms with Crippen LogP contribution < -0.4 is 103 Å². The molecular weight excluding hydrogens is 1620 g/mol. The summed E-state index contributed by atoms with van der Waals surface area (Å²) in [6, 6.07) is 6.90. The average Bonchev–Trinajstić information content (AvgIpc) is 1.34. The molecule has 0 spiro atoms. The van der Waals surface area contributed by atoms with Crippen molar-refractivity contribution < 1.29 is 96.5 Å². The third-order valence-electron chi connectivity index (χ3n) is 19.3. The second-order valence-corrected chi connectivity index (χ2v) is 33.6. The molecule has 666 valence electrons. The number of aliphatic hydroxyl groups excluding tert-OH is 2. The maximum atomic E-state index is 15.5. The van der Waals surface area contributed by atoms with E-state index in [9.17, 15) is 67.7 Å². The molecule has 0 unspecified atom stereocenters. The topological polar surface area (TPSA) is 642 Å². The summed E-state index contributed by atoms with van der Waals surface area (Å²) in [4.78, 5) is 237. The highest BCUT2D eigenvalue weighted by Crippen LogP contribution is 2.25. The number of hydrogen-bond donors (Lipinski definition) is 23. The molecule has 0 bridgehead atoms. The molecule has 122 heavy (non-hydrogen) atoms. The van der Waals surface area contributed by atoms with Crippen molar-refractivity contribution in [2.75, 3.05) is 19.7 Å². The van der Waals surface area contributed by atoms with Gasteiger partial charge in [0, 0.05) is 85.6 Å². The summed E-state index contributed by atoms with van der Waals surface area (Å²) < 4.78 is 2.86. The fourth-order valence-electron chi connectivity index (χ4n) is 12.7. The number of rotatable bonds is 50. The highest BCUT2D eigenvalue weighted by molar-refractivity contribution is 7.82. The van der Waals surface area contributed by atoms with Gasteiger partial charge in [0.2, 0.25) is 100 Å². The normalized spacial score (nSPS) is 14.7. The largest absolute Gasteiger partial charge is 0.492 e. The Balaban J connectivity index is 1.53. The molecule has 26 N–H and O–H groups in total. The van der Waals surface area contributed by atoms with E-state index in [-0.39, 0.29) is 70.5 Å². The van der Waals surface area contributed by atoms with Crippen molar-refractivity contribution in [1.82, 2.24) is 74.1 Å². The minimum Gasteiger partial charge on any atom is -0.492 e. The van der Waals surface area contributed by atoms with E-state index in [1.165, 1.54) is 54.7 Å². The van der Waals surface area contributed by atoms with Crippen LogP contribution in [0.5, 0.6) is 5.75 Å².